The van der Waals surface area contributed by atoms with E-state index < -0.39 is 24.5 Å². The fourth-order valence-corrected chi connectivity index (χ4v) is 2.84. The summed E-state index contributed by atoms with van der Waals surface area (Å²) in [5, 5.41) is 2.53. The van der Waals surface area contributed by atoms with E-state index in [1.165, 1.54) is 13.2 Å². The quantitative estimate of drug-likeness (QED) is 0.560. The Kier molecular flexibility index (Phi) is 7.37. The van der Waals surface area contributed by atoms with Gasteiger partial charge in [0, 0.05) is 5.56 Å². The third-order valence-corrected chi connectivity index (χ3v) is 4.29. The van der Waals surface area contributed by atoms with Crippen molar-refractivity contribution in [3.63, 3.8) is 0 Å². The number of carbonyl (C=O) groups excluding carboxylic acids is 3. The van der Waals surface area contributed by atoms with Gasteiger partial charge in [0.25, 0.3) is 5.91 Å². The zero-order valence-corrected chi connectivity index (χ0v) is 16.9. The average molecular weight is 419 g/mol. The van der Waals surface area contributed by atoms with Gasteiger partial charge in [-0.3, -0.25) is 4.79 Å². The Morgan fingerprint density at radius 2 is 1.48 bits per heavy atom. The standard InChI is InChI=1S/C24H21NO6/c1-29-24(28)19-12-5-7-13-20(19)25-22(26)15-31-23(27)16-30-21-14-8-6-11-18(21)17-9-3-2-4-10-17/h2-14H,15-16H2,1H3,(H,25,26). The minimum absolute atomic E-state index is 0.200. The Bertz CT molecular complexity index is 1060. The molecule has 0 aliphatic carbocycles. The number of nitrogens with one attached hydrogen (secondary N) is 1. The van der Waals surface area contributed by atoms with Crippen LogP contribution in [0.4, 0.5) is 5.69 Å². The molecular formula is C24H21NO6. The second kappa shape index (κ2) is 10.6. The van der Waals surface area contributed by atoms with Crippen LogP contribution in [0.1, 0.15) is 10.4 Å². The van der Waals surface area contributed by atoms with Crippen molar-refractivity contribution in [1.29, 1.82) is 0 Å². The number of para-hydroxylation sites is 2. The Hall–Kier alpha value is -4.13. The number of carbonyl (C=O) groups is 3. The first-order valence-electron chi connectivity index (χ1n) is 9.48. The van der Waals surface area contributed by atoms with Gasteiger partial charge in [-0.1, -0.05) is 60.7 Å². The summed E-state index contributed by atoms with van der Waals surface area (Å²) >= 11 is 0. The smallest absolute Gasteiger partial charge is 0.344 e. The molecule has 7 heteroatoms. The zero-order chi connectivity index (χ0) is 22.1. The van der Waals surface area contributed by atoms with Crippen LogP contribution in [0.3, 0.4) is 0 Å². The molecule has 0 bridgehead atoms. The van der Waals surface area contributed by atoms with E-state index in [-0.39, 0.29) is 17.9 Å². The number of hydrogen-bond acceptors (Lipinski definition) is 6. The van der Waals surface area contributed by atoms with Crippen molar-refractivity contribution < 1.29 is 28.6 Å². The Labute approximate surface area is 179 Å². The Balaban J connectivity index is 1.53. The molecular weight excluding hydrogens is 398 g/mol. The number of methoxy groups -OCH3 is 1. The van der Waals surface area contributed by atoms with E-state index in [9.17, 15) is 14.4 Å². The van der Waals surface area contributed by atoms with Gasteiger partial charge in [-0.15, -0.1) is 0 Å². The van der Waals surface area contributed by atoms with Crippen LogP contribution in [0, 0.1) is 0 Å². The number of hydrogen-bond donors (Lipinski definition) is 1. The van der Waals surface area contributed by atoms with Gasteiger partial charge in [0.2, 0.25) is 0 Å². The molecule has 0 atom stereocenters. The number of benzene rings is 3. The maximum Gasteiger partial charge on any atom is 0.344 e. The normalized spacial score (nSPS) is 10.1. The predicted molar refractivity (Wildman–Crippen MR) is 115 cm³/mol. The molecule has 0 aromatic heterocycles. The van der Waals surface area contributed by atoms with Crippen molar-refractivity contribution in [3.8, 4) is 16.9 Å². The van der Waals surface area contributed by atoms with E-state index >= 15 is 0 Å². The van der Waals surface area contributed by atoms with Crippen LogP contribution in [0.5, 0.6) is 5.75 Å². The zero-order valence-electron chi connectivity index (χ0n) is 16.9. The summed E-state index contributed by atoms with van der Waals surface area (Å²) in [6, 6.07) is 23.3. The fraction of sp³-hybridized carbons (Fsp3) is 0.125. The van der Waals surface area contributed by atoms with Crippen molar-refractivity contribution >= 4 is 23.5 Å². The summed E-state index contributed by atoms with van der Waals surface area (Å²) in [4.78, 5) is 35.9. The van der Waals surface area contributed by atoms with Gasteiger partial charge in [-0.2, -0.15) is 0 Å². The van der Waals surface area contributed by atoms with Gasteiger partial charge < -0.3 is 19.5 Å². The molecule has 0 saturated carbocycles. The molecule has 3 aromatic carbocycles. The van der Waals surface area contributed by atoms with E-state index in [0.29, 0.717) is 5.75 Å². The van der Waals surface area contributed by atoms with Crippen LogP contribution in [-0.2, 0) is 19.1 Å². The van der Waals surface area contributed by atoms with Gasteiger partial charge in [0.1, 0.15) is 5.75 Å². The van der Waals surface area contributed by atoms with E-state index in [0.717, 1.165) is 11.1 Å². The number of rotatable bonds is 8. The van der Waals surface area contributed by atoms with Crippen LogP contribution < -0.4 is 10.1 Å². The lowest BCUT2D eigenvalue weighted by atomic mass is 10.1. The first kappa shape index (κ1) is 21.6. The minimum atomic E-state index is -0.695. The highest BCUT2D eigenvalue weighted by atomic mass is 16.6. The van der Waals surface area contributed by atoms with Crippen molar-refractivity contribution in [3.05, 3.63) is 84.4 Å². The highest BCUT2D eigenvalue weighted by Gasteiger charge is 2.15. The third-order valence-electron chi connectivity index (χ3n) is 4.29. The number of amides is 1. The molecule has 7 nitrogen and oxygen atoms in total. The monoisotopic (exact) mass is 419 g/mol. The third kappa shape index (κ3) is 5.93. The topological polar surface area (TPSA) is 90.9 Å². The van der Waals surface area contributed by atoms with Crippen LogP contribution in [-0.4, -0.2) is 38.2 Å². The lowest BCUT2D eigenvalue weighted by Gasteiger charge is -2.12. The van der Waals surface area contributed by atoms with Crippen LogP contribution in [0.2, 0.25) is 0 Å². The minimum Gasteiger partial charge on any atom is -0.481 e. The number of anilines is 1. The lowest BCUT2D eigenvalue weighted by Crippen LogP contribution is -2.24. The summed E-state index contributed by atoms with van der Waals surface area (Å²) < 4.78 is 15.3. The molecule has 1 amide bonds. The Morgan fingerprint density at radius 1 is 0.806 bits per heavy atom. The molecule has 1 N–H and O–H groups in total. The number of ether oxygens (including phenoxy) is 3. The largest absolute Gasteiger partial charge is 0.481 e. The van der Waals surface area contributed by atoms with E-state index in [1.807, 2.05) is 42.5 Å². The molecule has 3 aromatic rings. The van der Waals surface area contributed by atoms with Gasteiger partial charge in [0.15, 0.2) is 13.2 Å². The lowest BCUT2D eigenvalue weighted by molar-refractivity contribution is -0.149. The first-order valence-corrected chi connectivity index (χ1v) is 9.48. The SMILES string of the molecule is COC(=O)c1ccccc1NC(=O)COC(=O)COc1ccccc1-c1ccccc1. The van der Waals surface area contributed by atoms with Crippen molar-refractivity contribution in [2.24, 2.45) is 0 Å². The van der Waals surface area contributed by atoms with Crippen LogP contribution in [0.15, 0.2) is 78.9 Å². The van der Waals surface area contributed by atoms with Crippen LogP contribution in [0.25, 0.3) is 11.1 Å². The maximum absolute atomic E-state index is 12.1. The summed E-state index contributed by atoms with van der Waals surface area (Å²) in [7, 11) is 1.25. The summed E-state index contributed by atoms with van der Waals surface area (Å²) in [6.45, 7) is -0.867. The number of esters is 2. The van der Waals surface area contributed by atoms with Gasteiger partial charge in [-0.25, -0.2) is 9.59 Å². The van der Waals surface area contributed by atoms with Gasteiger partial charge >= 0.3 is 11.9 Å². The molecule has 0 aliphatic heterocycles. The predicted octanol–water partition coefficient (Wildman–Crippen LogP) is 3.70. The average Bonchev–Trinajstić information content (AvgIpc) is 2.82. The molecule has 0 spiro atoms. The summed E-state index contributed by atoms with van der Waals surface area (Å²) in [6.07, 6.45) is 0. The van der Waals surface area contributed by atoms with Gasteiger partial charge in [0.05, 0.1) is 18.4 Å². The fourth-order valence-electron chi connectivity index (χ4n) is 2.84. The highest BCUT2D eigenvalue weighted by molar-refractivity contribution is 6.01. The second-order valence-corrected chi connectivity index (χ2v) is 6.40. The highest BCUT2D eigenvalue weighted by Crippen LogP contribution is 2.29. The molecule has 0 aliphatic rings. The molecule has 31 heavy (non-hydrogen) atoms. The maximum atomic E-state index is 12.1. The molecule has 0 heterocycles. The van der Waals surface area contributed by atoms with Gasteiger partial charge in [-0.05, 0) is 23.8 Å². The Morgan fingerprint density at radius 3 is 2.26 bits per heavy atom. The van der Waals surface area contributed by atoms with Crippen LogP contribution >= 0.6 is 0 Å². The second-order valence-electron chi connectivity index (χ2n) is 6.40. The molecule has 158 valence electrons. The summed E-state index contributed by atoms with van der Waals surface area (Å²) in [5.74, 6) is -1.34. The molecule has 3 rings (SSSR count). The molecule has 0 unspecified atom stereocenters. The molecule has 0 fully saturated rings. The van der Waals surface area contributed by atoms with Crippen molar-refractivity contribution in [2.75, 3.05) is 25.6 Å². The van der Waals surface area contributed by atoms with Crippen molar-refractivity contribution in [1.82, 2.24) is 0 Å². The van der Waals surface area contributed by atoms with E-state index in [4.69, 9.17) is 9.47 Å². The first-order chi connectivity index (χ1) is 15.1. The molecule has 0 radical (unpaired) electrons. The van der Waals surface area contributed by atoms with Crippen molar-refractivity contribution in [2.45, 2.75) is 0 Å². The van der Waals surface area contributed by atoms with E-state index in [2.05, 4.69) is 10.1 Å². The van der Waals surface area contributed by atoms with E-state index in [1.54, 1.807) is 30.3 Å². The molecule has 0 saturated heterocycles. The summed E-state index contributed by atoms with van der Waals surface area (Å²) in [5.41, 5.74) is 2.26.